The zero-order valence-corrected chi connectivity index (χ0v) is 10.7. The number of nitrogen functional groups attached to an aromatic ring is 1. The third-order valence-electron chi connectivity index (χ3n) is 2.56. The molecule has 1 aromatic heterocycles. The number of aromatic nitrogens is 2. The Labute approximate surface area is 109 Å². The zero-order valence-electron chi connectivity index (χ0n) is 9.98. The van der Waals surface area contributed by atoms with Crippen molar-refractivity contribution >= 4 is 23.3 Å². The van der Waals surface area contributed by atoms with Crippen LogP contribution in [0.3, 0.4) is 0 Å². The average Bonchev–Trinajstić information content (AvgIpc) is 2.66. The molecule has 2 rings (SSSR count). The molecule has 0 saturated carbocycles. The number of nitrogens with zero attached hydrogens (tertiary/aromatic N) is 2. The van der Waals surface area contributed by atoms with Gasteiger partial charge in [0.2, 0.25) is 0 Å². The van der Waals surface area contributed by atoms with Gasteiger partial charge in [-0.05, 0) is 17.7 Å². The molecule has 94 valence electrons. The van der Waals surface area contributed by atoms with Crippen molar-refractivity contribution in [3.8, 4) is 11.1 Å². The molecule has 0 atom stereocenters. The van der Waals surface area contributed by atoms with E-state index in [0.29, 0.717) is 16.4 Å². The van der Waals surface area contributed by atoms with Crippen molar-refractivity contribution in [1.29, 1.82) is 0 Å². The Kier molecular flexibility index (Phi) is 3.25. The van der Waals surface area contributed by atoms with Crippen LogP contribution >= 0.6 is 11.6 Å². The Hall–Kier alpha value is -2.01. The van der Waals surface area contributed by atoms with Crippen molar-refractivity contribution in [2.45, 2.75) is 0 Å². The molecule has 0 saturated heterocycles. The highest BCUT2D eigenvalue weighted by molar-refractivity contribution is 6.33. The summed E-state index contributed by atoms with van der Waals surface area (Å²) in [5.74, 6) is -0.524. The Bertz CT molecular complexity index is 590. The largest absolute Gasteiger partial charge is 0.464 e. The van der Waals surface area contributed by atoms with Crippen molar-refractivity contribution in [3.63, 3.8) is 0 Å². The number of aryl methyl sites for hydroxylation is 1. The Morgan fingerprint density at radius 1 is 1.39 bits per heavy atom. The molecule has 0 aliphatic heterocycles. The molecule has 18 heavy (non-hydrogen) atoms. The molecule has 0 aliphatic rings. The van der Waals surface area contributed by atoms with E-state index in [9.17, 15) is 4.79 Å². The molecule has 2 N–H and O–H groups in total. The number of hydrogen-bond donors (Lipinski definition) is 1. The lowest BCUT2D eigenvalue weighted by Gasteiger charge is -2.02. The molecule has 1 heterocycles. The Morgan fingerprint density at radius 2 is 2.00 bits per heavy atom. The number of rotatable bonds is 2. The predicted octanol–water partition coefficient (Wildman–Crippen LogP) is 2.11. The molecule has 0 radical (unpaired) electrons. The summed E-state index contributed by atoms with van der Waals surface area (Å²) in [6.07, 6.45) is 0. The number of methoxy groups -OCH3 is 1. The van der Waals surface area contributed by atoms with E-state index >= 15 is 0 Å². The SMILES string of the molecule is COC(=O)c1nn(C)c(Cl)c1-c1ccc(N)cc1. The summed E-state index contributed by atoms with van der Waals surface area (Å²) in [4.78, 5) is 11.7. The van der Waals surface area contributed by atoms with Gasteiger partial charge in [-0.1, -0.05) is 23.7 Å². The molecule has 0 aliphatic carbocycles. The number of halogens is 1. The lowest BCUT2D eigenvalue weighted by molar-refractivity contribution is 0.0594. The van der Waals surface area contributed by atoms with Gasteiger partial charge in [0.15, 0.2) is 5.69 Å². The van der Waals surface area contributed by atoms with Crippen LogP contribution in [-0.2, 0) is 11.8 Å². The standard InChI is InChI=1S/C12H12ClN3O2/c1-16-11(13)9(10(15-16)12(17)18-2)7-3-5-8(14)6-4-7/h3-6H,14H2,1-2H3. The first-order chi connectivity index (χ1) is 8.54. The lowest BCUT2D eigenvalue weighted by Crippen LogP contribution is -2.04. The summed E-state index contributed by atoms with van der Waals surface area (Å²) in [5, 5.41) is 4.43. The molecular formula is C12H12ClN3O2. The number of carbonyl (C=O) groups excluding carboxylic acids is 1. The second-order valence-corrected chi connectivity index (χ2v) is 4.11. The van der Waals surface area contributed by atoms with E-state index in [1.165, 1.54) is 11.8 Å². The van der Waals surface area contributed by atoms with Gasteiger partial charge in [0.25, 0.3) is 0 Å². The van der Waals surface area contributed by atoms with Crippen molar-refractivity contribution in [1.82, 2.24) is 9.78 Å². The summed E-state index contributed by atoms with van der Waals surface area (Å²) in [6, 6.07) is 7.04. The topological polar surface area (TPSA) is 70.1 Å². The maximum absolute atomic E-state index is 11.7. The van der Waals surface area contributed by atoms with E-state index in [1.54, 1.807) is 31.3 Å². The molecule has 5 nitrogen and oxygen atoms in total. The molecule has 0 bridgehead atoms. The molecule has 1 aromatic carbocycles. The number of nitrogens with two attached hydrogens (primary N) is 1. The van der Waals surface area contributed by atoms with Crippen LogP contribution in [0.5, 0.6) is 0 Å². The molecule has 2 aromatic rings. The second-order valence-electron chi connectivity index (χ2n) is 3.75. The van der Waals surface area contributed by atoms with Crippen molar-refractivity contribution < 1.29 is 9.53 Å². The van der Waals surface area contributed by atoms with Gasteiger partial charge in [-0.15, -0.1) is 0 Å². The van der Waals surface area contributed by atoms with Gasteiger partial charge in [-0.25, -0.2) is 4.79 Å². The lowest BCUT2D eigenvalue weighted by atomic mass is 10.1. The van der Waals surface area contributed by atoms with Crippen LogP contribution in [0.15, 0.2) is 24.3 Å². The van der Waals surface area contributed by atoms with Crippen LogP contribution in [0.4, 0.5) is 5.69 Å². The third-order valence-corrected chi connectivity index (χ3v) is 2.99. The quantitative estimate of drug-likeness (QED) is 0.667. The maximum atomic E-state index is 11.7. The fraction of sp³-hybridized carbons (Fsp3) is 0.167. The Balaban J connectivity index is 2.62. The van der Waals surface area contributed by atoms with Crippen LogP contribution < -0.4 is 5.73 Å². The number of ether oxygens (including phenoxy) is 1. The molecule has 0 fully saturated rings. The summed E-state index contributed by atoms with van der Waals surface area (Å²) >= 11 is 6.15. The van der Waals surface area contributed by atoms with Crippen LogP contribution in [0.1, 0.15) is 10.5 Å². The zero-order chi connectivity index (χ0) is 13.3. The first-order valence-corrected chi connectivity index (χ1v) is 5.59. The summed E-state index contributed by atoms with van der Waals surface area (Å²) < 4.78 is 6.12. The van der Waals surface area contributed by atoms with Crippen LogP contribution in [0, 0.1) is 0 Å². The monoisotopic (exact) mass is 265 g/mol. The molecule has 6 heteroatoms. The van der Waals surface area contributed by atoms with Crippen molar-refractivity contribution in [2.24, 2.45) is 7.05 Å². The number of anilines is 1. The van der Waals surface area contributed by atoms with Crippen LogP contribution in [0.2, 0.25) is 5.15 Å². The number of esters is 1. The predicted molar refractivity (Wildman–Crippen MR) is 69.4 cm³/mol. The van der Waals surface area contributed by atoms with Gasteiger partial charge >= 0.3 is 5.97 Å². The van der Waals surface area contributed by atoms with Crippen LogP contribution in [-0.4, -0.2) is 22.9 Å². The highest BCUT2D eigenvalue weighted by Gasteiger charge is 2.22. The van der Waals surface area contributed by atoms with E-state index in [-0.39, 0.29) is 5.69 Å². The third kappa shape index (κ3) is 2.04. The molecule has 0 spiro atoms. The van der Waals surface area contributed by atoms with Crippen LogP contribution in [0.25, 0.3) is 11.1 Å². The summed E-state index contributed by atoms with van der Waals surface area (Å²) in [5.41, 5.74) is 7.77. The van der Waals surface area contributed by atoms with Gasteiger partial charge in [0, 0.05) is 12.7 Å². The second kappa shape index (κ2) is 4.70. The summed E-state index contributed by atoms with van der Waals surface area (Å²) in [7, 11) is 2.97. The minimum absolute atomic E-state index is 0.190. The van der Waals surface area contributed by atoms with E-state index in [0.717, 1.165) is 5.56 Å². The average molecular weight is 266 g/mol. The number of benzene rings is 1. The first-order valence-electron chi connectivity index (χ1n) is 5.21. The highest BCUT2D eigenvalue weighted by atomic mass is 35.5. The number of carbonyl (C=O) groups is 1. The molecular weight excluding hydrogens is 254 g/mol. The smallest absolute Gasteiger partial charge is 0.359 e. The van der Waals surface area contributed by atoms with Gasteiger partial charge in [-0.3, -0.25) is 4.68 Å². The van der Waals surface area contributed by atoms with E-state index in [1.807, 2.05) is 0 Å². The first kappa shape index (κ1) is 12.4. The fourth-order valence-electron chi connectivity index (χ4n) is 1.65. The van der Waals surface area contributed by atoms with E-state index in [2.05, 4.69) is 5.10 Å². The minimum Gasteiger partial charge on any atom is -0.464 e. The van der Waals surface area contributed by atoms with Gasteiger partial charge < -0.3 is 10.5 Å². The maximum Gasteiger partial charge on any atom is 0.359 e. The summed E-state index contributed by atoms with van der Waals surface area (Å²) in [6.45, 7) is 0. The van der Waals surface area contributed by atoms with E-state index < -0.39 is 5.97 Å². The fourth-order valence-corrected chi connectivity index (χ4v) is 1.88. The van der Waals surface area contributed by atoms with Crippen molar-refractivity contribution in [2.75, 3.05) is 12.8 Å². The highest BCUT2D eigenvalue weighted by Crippen LogP contribution is 2.31. The minimum atomic E-state index is -0.524. The van der Waals surface area contributed by atoms with Gasteiger partial charge in [0.1, 0.15) is 5.15 Å². The van der Waals surface area contributed by atoms with Gasteiger partial charge in [0.05, 0.1) is 12.7 Å². The Morgan fingerprint density at radius 3 is 2.56 bits per heavy atom. The molecule has 0 amide bonds. The van der Waals surface area contributed by atoms with E-state index in [4.69, 9.17) is 22.1 Å². The van der Waals surface area contributed by atoms with Gasteiger partial charge in [-0.2, -0.15) is 5.10 Å². The normalized spacial score (nSPS) is 10.4. The molecule has 0 unspecified atom stereocenters. The number of hydrogen-bond acceptors (Lipinski definition) is 4. The van der Waals surface area contributed by atoms with Crippen molar-refractivity contribution in [3.05, 3.63) is 35.1 Å².